The fourth-order valence-electron chi connectivity index (χ4n) is 3.14. The number of carbonyl (C=O) groups is 1. The first-order valence-corrected chi connectivity index (χ1v) is 7.95. The van der Waals surface area contributed by atoms with Gasteiger partial charge in [-0.25, -0.2) is 0 Å². The van der Waals surface area contributed by atoms with E-state index in [1.807, 2.05) is 18.7 Å². The standard InChI is InChI=1S/C15H24N4O2/c1-10(2)13(20)19-9-4-3-6-11(19)12-17-14(18-21-12)15(16)7-5-8-15/h10-11H,3-9,16H2,1-2H3. The fourth-order valence-corrected chi connectivity index (χ4v) is 3.14. The van der Waals surface area contributed by atoms with Crippen LogP contribution in [0, 0.1) is 5.92 Å². The van der Waals surface area contributed by atoms with Crippen LogP contribution in [0.15, 0.2) is 4.52 Å². The number of amides is 1. The van der Waals surface area contributed by atoms with E-state index in [1.54, 1.807) is 0 Å². The molecular formula is C15H24N4O2. The number of aromatic nitrogens is 2. The van der Waals surface area contributed by atoms with Gasteiger partial charge in [0.05, 0.1) is 5.54 Å². The van der Waals surface area contributed by atoms with Crippen LogP contribution in [0.25, 0.3) is 0 Å². The second-order valence-corrected chi connectivity index (χ2v) is 6.66. The number of likely N-dealkylation sites (tertiary alicyclic amines) is 1. The molecule has 1 amide bonds. The zero-order chi connectivity index (χ0) is 15.0. The lowest BCUT2D eigenvalue weighted by Crippen LogP contribution is -2.44. The topological polar surface area (TPSA) is 85.2 Å². The minimum Gasteiger partial charge on any atom is -0.337 e. The summed E-state index contributed by atoms with van der Waals surface area (Å²) in [5.41, 5.74) is 5.83. The van der Waals surface area contributed by atoms with Crippen molar-refractivity contribution in [2.45, 2.75) is 64.0 Å². The van der Waals surface area contributed by atoms with Gasteiger partial charge >= 0.3 is 0 Å². The molecule has 1 saturated carbocycles. The second-order valence-electron chi connectivity index (χ2n) is 6.66. The van der Waals surface area contributed by atoms with Crippen molar-refractivity contribution < 1.29 is 9.32 Å². The molecular weight excluding hydrogens is 268 g/mol. The fraction of sp³-hybridized carbons (Fsp3) is 0.800. The number of hydrogen-bond donors (Lipinski definition) is 1. The minimum absolute atomic E-state index is 0.0134. The van der Waals surface area contributed by atoms with Crippen molar-refractivity contribution in [3.05, 3.63) is 11.7 Å². The zero-order valence-electron chi connectivity index (χ0n) is 12.8. The molecule has 1 aromatic rings. The van der Waals surface area contributed by atoms with Crippen LogP contribution in [0.2, 0.25) is 0 Å². The quantitative estimate of drug-likeness (QED) is 0.922. The molecule has 2 fully saturated rings. The third-order valence-electron chi connectivity index (χ3n) is 4.70. The van der Waals surface area contributed by atoms with Crippen molar-refractivity contribution in [1.29, 1.82) is 0 Å². The van der Waals surface area contributed by atoms with Crippen molar-refractivity contribution in [2.75, 3.05) is 6.54 Å². The number of rotatable bonds is 3. The lowest BCUT2D eigenvalue weighted by Gasteiger charge is -2.35. The third kappa shape index (κ3) is 2.57. The monoisotopic (exact) mass is 292 g/mol. The van der Waals surface area contributed by atoms with Gasteiger partial charge in [0.1, 0.15) is 6.04 Å². The van der Waals surface area contributed by atoms with E-state index in [0.29, 0.717) is 11.7 Å². The smallest absolute Gasteiger partial charge is 0.249 e. The first-order chi connectivity index (χ1) is 10.0. The summed E-state index contributed by atoms with van der Waals surface area (Å²) in [5, 5.41) is 4.07. The van der Waals surface area contributed by atoms with Crippen LogP contribution in [-0.2, 0) is 10.3 Å². The van der Waals surface area contributed by atoms with E-state index in [9.17, 15) is 4.79 Å². The molecule has 6 nitrogen and oxygen atoms in total. The maximum Gasteiger partial charge on any atom is 0.249 e. The lowest BCUT2D eigenvalue weighted by molar-refractivity contribution is -0.139. The van der Waals surface area contributed by atoms with E-state index in [0.717, 1.165) is 45.1 Å². The van der Waals surface area contributed by atoms with Crippen molar-refractivity contribution in [3.8, 4) is 0 Å². The second kappa shape index (κ2) is 5.40. The highest BCUT2D eigenvalue weighted by Crippen LogP contribution is 2.38. The number of carbonyl (C=O) groups excluding carboxylic acids is 1. The van der Waals surface area contributed by atoms with Crippen LogP contribution in [0.4, 0.5) is 0 Å². The summed E-state index contributed by atoms with van der Waals surface area (Å²) in [6.45, 7) is 4.63. The summed E-state index contributed by atoms with van der Waals surface area (Å²) in [5.74, 6) is 1.30. The van der Waals surface area contributed by atoms with E-state index in [-0.39, 0.29) is 17.9 Å². The van der Waals surface area contributed by atoms with Gasteiger partial charge in [0.2, 0.25) is 11.8 Å². The Morgan fingerprint density at radius 1 is 1.38 bits per heavy atom. The molecule has 2 N–H and O–H groups in total. The highest BCUT2D eigenvalue weighted by Gasteiger charge is 2.40. The number of hydrogen-bond acceptors (Lipinski definition) is 5. The summed E-state index contributed by atoms with van der Waals surface area (Å²) in [7, 11) is 0. The maximum atomic E-state index is 12.4. The van der Waals surface area contributed by atoms with E-state index in [4.69, 9.17) is 10.3 Å². The minimum atomic E-state index is -0.413. The largest absolute Gasteiger partial charge is 0.337 e. The maximum absolute atomic E-state index is 12.4. The molecule has 0 spiro atoms. The van der Waals surface area contributed by atoms with Gasteiger partial charge in [-0.15, -0.1) is 0 Å². The Hall–Kier alpha value is -1.43. The van der Waals surface area contributed by atoms with Crippen LogP contribution in [0.3, 0.4) is 0 Å². The average Bonchev–Trinajstić information content (AvgIpc) is 2.93. The van der Waals surface area contributed by atoms with Gasteiger partial charge < -0.3 is 15.2 Å². The Bertz CT molecular complexity index is 521. The van der Waals surface area contributed by atoms with Crippen molar-refractivity contribution in [1.82, 2.24) is 15.0 Å². The Morgan fingerprint density at radius 3 is 2.76 bits per heavy atom. The number of piperidine rings is 1. The van der Waals surface area contributed by atoms with Gasteiger partial charge in [-0.2, -0.15) is 4.98 Å². The molecule has 1 aliphatic carbocycles. The molecule has 0 radical (unpaired) electrons. The van der Waals surface area contributed by atoms with E-state index in [1.165, 1.54) is 0 Å². The van der Waals surface area contributed by atoms with Crippen LogP contribution < -0.4 is 5.73 Å². The first kappa shape index (κ1) is 14.5. The zero-order valence-corrected chi connectivity index (χ0v) is 12.8. The van der Waals surface area contributed by atoms with Crippen molar-refractivity contribution in [2.24, 2.45) is 11.7 Å². The van der Waals surface area contributed by atoms with Crippen LogP contribution in [0.5, 0.6) is 0 Å². The van der Waals surface area contributed by atoms with Gasteiger partial charge in [0, 0.05) is 12.5 Å². The molecule has 1 aromatic heterocycles. The van der Waals surface area contributed by atoms with Gasteiger partial charge in [-0.05, 0) is 38.5 Å². The third-order valence-corrected chi connectivity index (χ3v) is 4.70. The van der Waals surface area contributed by atoms with Crippen LogP contribution in [-0.4, -0.2) is 27.5 Å². The van der Waals surface area contributed by atoms with Crippen LogP contribution in [0.1, 0.15) is 70.1 Å². The molecule has 1 atom stereocenters. The molecule has 116 valence electrons. The summed E-state index contributed by atoms with van der Waals surface area (Å²) in [6, 6.07) is -0.0847. The van der Waals surface area contributed by atoms with Gasteiger partial charge in [0.15, 0.2) is 5.82 Å². The van der Waals surface area contributed by atoms with E-state index < -0.39 is 5.54 Å². The van der Waals surface area contributed by atoms with E-state index >= 15 is 0 Å². The molecule has 0 aromatic carbocycles. The Labute approximate surface area is 125 Å². The first-order valence-electron chi connectivity index (χ1n) is 7.95. The number of nitrogens with two attached hydrogens (primary N) is 1. The Balaban J connectivity index is 1.82. The highest BCUT2D eigenvalue weighted by molar-refractivity contribution is 5.78. The van der Waals surface area contributed by atoms with E-state index in [2.05, 4.69) is 10.1 Å². The predicted octanol–water partition coefficient (Wildman–Crippen LogP) is 2.12. The van der Waals surface area contributed by atoms with Crippen molar-refractivity contribution in [3.63, 3.8) is 0 Å². The molecule has 1 unspecified atom stereocenters. The normalized spacial score (nSPS) is 25.0. The average molecular weight is 292 g/mol. The Morgan fingerprint density at radius 2 is 2.14 bits per heavy atom. The molecule has 1 saturated heterocycles. The van der Waals surface area contributed by atoms with Gasteiger partial charge in [-0.3, -0.25) is 4.79 Å². The number of nitrogens with zero attached hydrogens (tertiary/aromatic N) is 3. The molecule has 0 bridgehead atoms. The highest BCUT2D eigenvalue weighted by atomic mass is 16.5. The van der Waals surface area contributed by atoms with Gasteiger partial charge in [0.25, 0.3) is 0 Å². The lowest BCUT2D eigenvalue weighted by atomic mass is 9.77. The molecule has 1 aliphatic heterocycles. The predicted molar refractivity (Wildman–Crippen MR) is 77.2 cm³/mol. The SMILES string of the molecule is CC(C)C(=O)N1CCCCC1c1nc(C2(N)CCC2)no1. The summed E-state index contributed by atoms with van der Waals surface area (Å²) >= 11 is 0. The van der Waals surface area contributed by atoms with Crippen LogP contribution >= 0.6 is 0 Å². The summed E-state index contributed by atoms with van der Waals surface area (Å²) in [6.07, 6.45) is 5.94. The molecule has 2 aliphatic rings. The molecule has 3 rings (SSSR count). The van der Waals surface area contributed by atoms with Gasteiger partial charge in [-0.1, -0.05) is 19.0 Å². The molecule has 2 heterocycles. The summed E-state index contributed by atoms with van der Waals surface area (Å²) in [4.78, 5) is 18.8. The summed E-state index contributed by atoms with van der Waals surface area (Å²) < 4.78 is 5.45. The molecule has 21 heavy (non-hydrogen) atoms. The molecule has 6 heteroatoms. The van der Waals surface area contributed by atoms with Crippen molar-refractivity contribution >= 4 is 5.91 Å². The Kier molecular flexibility index (Phi) is 3.73.